The van der Waals surface area contributed by atoms with Crippen LogP contribution in [0.5, 0.6) is 11.6 Å². The highest BCUT2D eigenvalue weighted by atomic mass is 16.5. The van der Waals surface area contributed by atoms with E-state index in [9.17, 15) is 0 Å². The highest BCUT2D eigenvalue weighted by Crippen LogP contribution is 2.24. The van der Waals surface area contributed by atoms with Gasteiger partial charge in [0.1, 0.15) is 24.4 Å². The molecule has 0 saturated carbocycles. The maximum absolute atomic E-state index is 5.93. The summed E-state index contributed by atoms with van der Waals surface area (Å²) in [6.07, 6.45) is 1.42. The molecule has 0 fully saturated rings. The van der Waals surface area contributed by atoms with Crippen LogP contribution in [0.25, 0.3) is 0 Å². The van der Waals surface area contributed by atoms with Gasteiger partial charge in [-0.1, -0.05) is 12.1 Å². The van der Waals surface area contributed by atoms with Crippen molar-refractivity contribution >= 4 is 11.5 Å². The SMILES string of the molecule is CCOc1ncnc(NCCOc2cccc(C)c2)c1N. The summed E-state index contributed by atoms with van der Waals surface area (Å²) in [5.41, 5.74) is 7.51. The maximum Gasteiger partial charge on any atom is 0.242 e. The monoisotopic (exact) mass is 288 g/mol. The predicted octanol–water partition coefficient (Wildman–Crippen LogP) is 2.26. The zero-order valence-electron chi connectivity index (χ0n) is 12.3. The molecule has 0 atom stereocenters. The van der Waals surface area contributed by atoms with E-state index < -0.39 is 0 Å². The topological polar surface area (TPSA) is 82.3 Å². The van der Waals surface area contributed by atoms with Crippen LogP contribution < -0.4 is 20.5 Å². The number of nitrogens with two attached hydrogens (primary N) is 1. The quantitative estimate of drug-likeness (QED) is 0.760. The zero-order valence-corrected chi connectivity index (χ0v) is 12.3. The molecule has 0 amide bonds. The largest absolute Gasteiger partial charge is 0.492 e. The molecule has 0 unspecified atom stereocenters. The summed E-state index contributed by atoms with van der Waals surface area (Å²) < 4.78 is 11.0. The molecule has 2 rings (SSSR count). The van der Waals surface area contributed by atoms with Crippen LogP contribution in [0.3, 0.4) is 0 Å². The Kier molecular flexibility index (Phi) is 5.20. The molecule has 6 nitrogen and oxygen atoms in total. The third-order valence-electron chi connectivity index (χ3n) is 2.78. The van der Waals surface area contributed by atoms with Gasteiger partial charge in [0, 0.05) is 0 Å². The molecule has 112 valence electrons. The van der Waals surface area contributed by atoms with E-state index in [1.54, 1.807) is 0 Å². The van der Waals surface area contributed by atoms with Crippen molar-refractivity contribution in [2.24, 2.45) is 0 Å². The van der Waals surface area contributed by atoms with E-state index in [4.69, 9.17) is 15.2 Å². The Morgan fingerprint density at radius 3 is 2.86 bits per heavy atom. The molecule has 0 bridgehead atoms. The Hall–Kier alpha value is -2.50. The minimum Gasteiger partial charge on any atom is -0.492 e. The first-order valence-corrected chi connectivity index (χ1v) is 6.87. The van der Waals surface area contributed by atoms with Gasteiger partial charge in [-0.05, 0) is 31.5 Å². The lowest BCUT2D eigenvalue weighted by Gasteiger charge is -2.11. The maximum atomic E-state index is 5.93. The van der Waals surface area contributed by atoms with Gasteiger partial charge in [-0.2, -0.15) is 4.98 Å². The number of ether oxygens (including phenoxy) is 2. The number of hydrogen-bond acceptors (Lipinski definition) is 6. The van der Waals surface area contributed by atoms with Crippen molar-refractivity contribution in [3.63, 3.8) is 0 Å². The Bertz CT molecular complexity index is 590. The van der Waals surface area contributed by atoms with Crippen LogP contribution in [0.1, 0.15) is 12.5 Å². The van der Waals surface area contributed by atoms with Crippen LogP contribution in [0, 0.1) is 6.92 Å². The molecule has 1 heterocycles. The third kappa shape index (κ3) is 4.24. The van der Waals surface area contributed by atoms with Gasteiger partial charge >= 0.3 is 0 Å². The van der Waals surface area contributed by atoms with Crippen LogP contribution in [0.2, 0.25) is 0 Å². The lowest BCUT2D eigenvalue weighted by Crippen LogP contribution is -2.14. The first-order chi connectivity index (χ1) is 10.2. The highest BCUT2D eigenvalue weighted by Gasteiger charge is 2.08. The van der Waals surface area contributed by atoms with E-state index in [2.05, 4.69) is 15.3 Å². The summed E-state index contributed by atoms with van der Waals surface area (Å²) in [6.45, 7) is 5.51. The molecule has 0 radical (unpaired) electrons. The van der Waals surface area contributed by atoms with Crippen molar-refractivity contribution < 1.29 is 9.47 Å². The molecule has 0 saturated heterocycles. The number of aryl methyl sites for hydroxylation is 1. The summed E-state index contributed by atoms with van der Waals surface area (Å²) in [6, 6.07) is 7.92. The van der Waals surface area contributed by atoms with Crippen LogP contribution in [-0.2, 0) is 0 Å². The standard InChI is InChI=1S/C15H20N4O2/c1-3-20-15-13(16)14(18-10-19-15)17-7-8-21-12-6-4-5-11(2)9-12/h4-6,9-10H,3,7-8,16H2,1-2H3,(H,17,18,19). The van der Waals surface area contributed by atoms with Gasteiger partial charge in [0.15, 0.2) is 5.82 Å². The Morgan fingerprint density at radius 1 is 1.24 bits per heavy atom. The van der Waals surface area contributed by atoms with Crippen molar-refractivity contribution in [2.45, 2.75) is 13.8 Å². The van der Waals surface area contributed by atoms with Gasteiger partial charge < -0.3 is 20.5 Å². The van der Waals surface area contributed by atoms with Gasteiger partial charge in [0.05, 0.1) is 13.2 Å². The Balaban J connectivity index is 1.85. The number of hydrogen-bond donors (Lipinski definition) is 2. The minimum atomic E-state index is 0.398. The van der Waals surface area contributed by atoms with Crippen molar-refractivity contribution in [3.8, 4) is 11.6 Å². The van der Waals surface area contributed by atoms with Gasteiger partial charge in [0.25, 0.3) is 0 Å². The van der Waals surface area contributed by atoms with Gasteiger partial charge in [-0.3, -0.25) is 0 Å². The Labute approximate surface area is 124 Å². The average Bonchev–Trinajstić information content (AvgIpc) is 2.47. The number of aromatic nitrogens is 2. The van der Waals surface area contributed by atoms with Crippen LogP contribution in [0.15, 0.2) is 30.6 Å². The molecule has 0 aliphatic rings. The molecule has 0 aliphatic carbocycles. The minimum absolute atomic E-state index is 0.398. The fraction of sp³-hybridized carbons (Fsp3) is 0.333. The third-order valence-corrected chi connectivity index (χ3v) is 2.78. The molecule has 6 heteroatoms. The number of nitrogens with zero attached hydrogens (tertiary/aromatic N) is 2. The summed E-state index contributed by atoms with van der Waals surface area (Å²) in [5, 5.41) is 3.12. The first-order valence-electron chi connectivity index (χ1n) is 6.87. The predicted molar refractivity (Wildman–Crippen MR) is 82.8 cm³/mol. The van der Waals surface area contributed by atoms with Crippen molar-refractivity contribution in [1.29, 1.82) is 0 Å². The van der Waals surface area contributed by atoms with E-state index in [-0.39, 0.29) is 0 Å². The summed E-state index contributed by atoms with van der Waals surface area (Å²) in [7, 11) is 0. The molecular formula is C15H20N4O2. The molecule has 0 spiro atoms. The lowest BCUT2D eigenvalue weighted by atomic mass is 10.2. The molecule has 1 aromatic carbocycles. The second kappa shape index (κ2) is 7.33. The van der Waals surface area contributed by atoms with Gasteiger partial charge in [-0.25, -0.2) is 4.98 Å². The molecule has 1 aromatic heterocycles. The number of benzene rings is 1. The van der Waals surface area contributed by atoms with Crippen LogP contribution in [0.4, 0.5) is 11.5 Å². The second-order valence-corrected chi connectivity index (χ2v) is 4.47. The average molecular weight is 288 g/mol. The van der Waals surface area contributed by atoms with Gasteiger partial charge in [0.2, 0.25) is 5.88 Å². The highest BCUT2D eigenvalue weighted by molar-refractivity contribution is 5.66. The number of anilines is 2. The van der Waals surface area contributed by atoms with E-state index in [1.807, 2.05) is 38.1 Å². The van der Waals surface area contributed by atoms with E-state index in [0.717, 1.165) is 5.75 Å². The molecule has 3 N–H and O–H groups in total. The number of nitrogens with one attached hydrogen (secondary N) is 1. The number of rotatable bonds is 7. The second-order valence-electron chi connectivity index (χ2n) is 4.47. The van der Waals surface area contributed by atoms with E-state index in [0.29, 0.717) is 37.1 Å². The summed E-state index contributed by atoms with van der Waals surface area (Å²) in [5.74, 6) is 1.80. The Morgan fingerprint density at radius 2 is 2.10 bits per heavy atom. The smallest absolute Gasteiger partial charge is 0.242 e. The van der Waals surface area contributed by atoms with Crippen molar-refractivity contribution in [2.75, 3.05) is 30.8 Å². The summed E-state index contributed by atoms with van der Waals surface area (Å²) in [4.78, 5) is 8.08. The van der Waals surface area contributed by atoms with E-state index >= 15 is 0 Å². The van der Waals surface area contributed by atoms with Crippen LogP contribution in [-0.4, -0.2) is 29.7 Å². The fourth-order valence-corrected chi connectivity index (χ4v) is 1.82. The zero-order chi connectivity index (χ0) is 15.1. The molecule has 21 heavy (non-hydrogen) atoms. The van der Waals surface area contributed by atoms with Crippen molar-refractivity contribution in [1.82, 2.24) is 9.97 Å². The normalized spacial score (nSPS) is 10.2. The van der Waals surface area contributed by atoms with Crippen molar-refractivity contribution in [3.05, 3.63) is 36.2 Å². The lowest BCUT2D eigenvalue weighted by molar-refractivity contribution is 0.327. The molecule has 0 aliphatic heterocycles. The first kappa shape index (κ1) is 14.9. The summed E-state index contributed by atoms with van der Waals surface area (Å²) >= 11 is 0. The molecule has 2 aromatic rings. The van der Waals surface area contributed by atoms with Gasteiger partial charge in [-0.15, -0.1) is 0 Å². The van der Waals surface area contributed by atoms with Crippen LogP contribution >= 0.6 is 0 Å². The molecular weight excluding hydrogens is 268 g/mol. The number of nitrogen functional groups attached to an aromatic ring is 1. The van der Waals surface area contributed by atoms with E-state index in [1.165, 1.54) is 11.9 Å². The fourth-order valence-electron chi connectivity index (χ4n) is 1.82.